The van der Waals surface area contributed by atoms with Crippen LogP contribution in [0.25, 0.3) is 10.8 Å². The van der Waals surface area contributed by atoms with Crippen molar-refractivity contribution >= 4 is 17.4 Å². The van der Waals surface area contributed by atoms with Gasteiger partial charge in [-0.1, -0.05) is 6.07 Å². The molecule has 1 aliphatic heterocycles. The Morgan fingerprint density at radius 3 is 2.89 bits per heavy atom. The number of aromatic nitrogens is 5. The molecule has 0 spiro atoms. The lowest BCUT2D eigenvalue weighted by Crippen LogP contribution is -2.41. The van der Waals surface area contributed by atoms with Gasteiger partial charge in [-0.15, -0.1) is 10.2 Å². The van der Waals surface area contributed by atoms with E-state index in [0.29, 0.717) is 36.2 Å². The molecule has 138 valence electrons. The standard InChI is InChI=1S/C18H17FN6OS/c1-10-15-21-22-16(17-20-14(23-27-17)11-5-6-11)25(15)8-7-24(10)18(26)12-3-2-4-13(19)9-12/h2-4,9-11H,5-8H2,1H3/t10-/m1/s1. The lowest BCUT2D eigenvalue weighted by Gasteiger charge is -2.33. The molecule has 0 N–H and O–H groups in total. The van der Waals surface area contributed by atoms with Gasteiger partial charge in [0.2, 0.25) is 0 Å². The number of carbonyl (C=O) groups is 1. The van der Waals surface area contributed by atoms with E-state index in [-0.39, 0.29) is 11.9 Å². The van der Waals surface area contributed by atoms with E-state index in [1.807, 2.05) is 11.5 Å². The minimum absolute atomic E-state index is 0.204. The topological polar surface area (TPSA) is 76.8 Å². The molecule has 3 heterocycles. The highest BCUT2D eigenvalue weighted by molar-refractivity contribution is 7.09. The van der Waals surface area contributed by atoms with Gasteiger partial charge in [0.25, 0.3) is 5.91 Å². The van der Waals surface area contributed by atoms with Crippen molar-refractivity contribution in [1.82, 2.24) is 29.0 Å². The first-order valence-electron chi connectivity index (χ1n) is 8.95. The molecule has 1 aliphatic carbocycles. The summed E-state index contributed by atoms with van der Waals surface area (Å²) in [4.78, 5) is 19.1. The van der Waals surface area contributed by atoms with Crippen molar-refractivity contribution in [2.24, 2.45) is 0 Å². The van der Waals surface area contributed by atoms with Crippen molar-refractivity contribution < 1.29 is 9.18 Å². The fourth-order valence-corrected chi connectivity index (χ4v) is 4.18. The van der Waals surface area contributed by atoms with E-state index in [4.69, 9.17) is 0 Å². The Bertz CT molecular complexity index is 1030. The first kappa shape index (κ1) is 16.5. The second-order valence-corrected chi connectivity index (χ2v) is 7.70. The number of hydrogen-bond acceptors (Lipinski definition) is 6. The van der Waals surface area contributed by atoms with Crippen LogP contribution in [0.5, 0.6) is 0 Å². The van der Waals surface area contributed by atoms with Crippen LogP contribution in [-0.4, -0.2) is 41.5 Å². The zero-order valence-corrected chi connectivity index (χ0v) is 15.5. The van der Waals surface area contributed by atoms with E-state index >= 15 is 0 Å². The highest BCUT2D eigenvalue weighted by atomic mass is 32.1. The first-order valence-corrected chi connectivity index (χ1v) is 9.73. The normalized spacial score (nSPS) is 19.2. The van der Waals surface area contributed by atoms with Gasteiger partial charge in [0, 0.05) is 24.6 Å². The molecule has 1 amide bonds. The van der Waals surface area contributed by atoms with Gasteiger partial charge >= 0.3 is 0 Å². The van der Waals surface area contributed by atoms with Gasteiger partial charge in [-0.05, 0) is 49.5 Å². The SMILES string of the molecule is C[C@@H]1c2nnc(-c3nc(C4CC4)ns3)n2CCN1C(=O)c1cccc(F)c1. The summed E-state index contributed by atoms with van der Waals surface area (Å²) in [5, 5.41) is 9.40. The highest BCUT2D eigenvalue weighted by Crippen LogP contribution is 2.40. The summed E-state index contributed by atoms with van der Waals surface area (Å²) in [5.74, 6) is 2.20. The van der Waals surface area contributed by atoms with Crippen LogP contribution in [0.4, 0.5) is 4.39 Å². The molecule has 3 aromatic rings. The largest absolute Gasteiger partial charge is 0.327 e. The average molecular weight is 384 g/mol. The molecule has 0 radical (unpaired) electrons. The monoisotopic (exact) mass is 384 g/mol. The van der Waals surface area contributed by atoms with Crippen LogP contribution >= 0.6 is 11.5 Å². The number of amides is 1. The van der Waals surface area contributed by atoms with E-state index in [1.54, 1.807) is 17.0 Å². The maximum atomic E-state index is 13.5. The van der Waals surface area contributed by atoms with Gasteiger partial charge in [0.15, 0.2) is 16.7 Å². The Kier molecular flexibility index (Phi) is 3.78. The van der Waals surface area contributed by atoms with Gasteiger partial charge in [-0.3, -0.25) is 4.79 Å². The number of rotatable bonds is 3. The van der Waals surface area contributed by atoms with Crippen LogP contribution in [0.2, 0.25) is 0 Å². The van der Waals surface area contributed by atoms with E-state index in [9.17, 15) is 9.18 Å². The van der Waals surface area contributed by atoms with Crippen molar-refractivity contribution in [3.05, 3.63) is 47.3 Å². The molecular formula is C18H17FN6OS. The van der Waals surface area contributed by atoms with Crippen molar-refractivity contribution in [3.8, 4) is 10.8 Å². The average Bonchev–Trinajstić information content (AvgIpc) is 3.24. The second kappa shape index (κ2) is 6.19. The van der Waals surface area contributed by atoms with E-state index in [1.165, 1.54) is 23.7 Å². The van der Waals surface area contributed by atoms with Crippen molar-refractivity contribution in [1.29, 1.82) is 0 Å². The second-order valence-electron chi connectivity index (χ2n) is 6.95. The number of hydrogen-bond donors (Lipinski definition) is 0. The van der Waals surface area contributed by atoms with Crippen LogP contribution in [0.15, 0.2) is 24.3 Å². The van der Waals surface area contributed by atoms with Gasteiger partial charge in [-0.2, -0.15) is 4.37 Å². The summed E-state index contributed by atoms with van der Waals surface area (Å²) in [7, 11) is 0. The highest BCUT2D eigenvalue weighted by Gasteiger charge is 2.34. The van der Waals surface area contributed by atoms with E-state index < -0.39 is 5.82 Å². The summed E-state index contributed by atoms with van der Waals surface area (Å²) in [6.07, 6.45) is 2.31. The maximum Gasteiger partial charge on any atom is 0.254 e. The predicted molar refractivity (Wildman–Crippen MR) is 96.8 cm³/mol. The predicted octanol–water partition coefficient (Wildman–Crippen LogP) is 3.03. The van der Waals surface area contributed by atoms with Crippen LogP contribution in [-0.2, 0) is 6.54 Å². The Morgan fingerprint density at radius 2 is 2.11 bits per heavy atom. The van der Waals surface area contributed by atoms with Crippen LogP contribution in [0.1, 0.15) is 53.7 Å². The molecule has 0 saturated heterocycles. The molecule has 9 heteroatoms. The molecule has 27 heavy (non-hydrogen) atoms. The van der Waals surface area contributed by atoms with E-state index in [0.717, 1.165) is 23.7 Å². The van der Waals surface area contributed by atoms with Gasteiger partial charge in [0.1, 0.15) is 11.6 Å². The molecule has 2 aliphatic rings. The summed E-state index contributed by atoms with van der Waals surface area (Å²) < 4.78 is 19.9. The molecule has 1 atom stereocenters. The third-order valence-electron chi connectivity index (χ3n) is 5.09. The van der Waals surface area contributed by atoms with Crippen LogP contribution in [0, 0.1) is 5.82 Å². The van der Waals surface area contributed by atoms with Crippen molar-refractivity contribution in [2.45, 2.75) is 38.3 Å². The Labute approximate surface area is 159 Å². The third-order valence-corrected chi connectivity index (χ3v) is 5.82. The molecule has 2 aromatic heterocycles. The quantitative estimate of drug-likeness (QED) is 0.694. The number of carbonyl (C=O) groups excluding carboxylic acids is 1. The minimum atomic E-state index is -0.418. The molecule has 0 bridgehead atoms. The number of fused-ring (bicyclic) bond motifs is 1. The van der Waals surface area contributed by atoms with Gasteiger partial charge < -0.3 is 9.47 Å². The van der Waals surface area contributed by atoms with Crippen molar-refractivity contribution in [3.63, 3.8) is 0 Å². The summed E-state index contributed by atoms with van der Waals surface area (Å²) >= 11 is 1.35. The van der Waals surface area contributed by atoms with E-state index in [2.05, 4.69) is 19.6 Å². The molecule has 1 fully saturated rings. The molecule has 7 nitrogen and oxygen atoms in total. The maximum absolute atomic E-state index is 13.5. The molecule has 0 unspecified atom stereocenters. The first-order chi connectivity index (χ1) is 13.1. The van der Waals surface area contributed by atoms with Crippen LogP contribution in [0.3, 0.4) is 0 Å². The number of halogens is 1. The molecule has 5 rings (SSSR count). The fraction of sp³-hybridized carbons (Fsp3) is 0.389. The van der Waals surface area contributed by atoms with Gasteiger partial charge in [-0.25, -0.2) is 9.37 Å². The summed E-state index contributed by atoms with van der Waals surface area (Å²) in [6.45, 7) is 2.99. The summed E-state index contributed by atoms with van der Waals surface area (Å²) in [6, 6.07) is 5.51. The Morgan fingerprint density at radius 1 is 1.26 bits per heavy atom. The molecular weight excluding hydrogens is 367 g/mol. The fourth-order valence-electron chi connectivity index (χ4n) is 3.44. The zero-order valence-electron chi connectivity index (χ0n) is 14.7. The van der Waals surface area contributed by atoms with Gasteiger partial charge in [0.05, 0.1) is 6.04 Å². The Hall–Kier alpha value is -2.68. The molecule has 1 aromatic carbocycles. The minimum Gasteiger partial charge on any atom is -0.327 e. The third kappa shape index (κ3) is 2.82. The summed E-state index contributed by atoms with van der Waals surface area (Å²) in [5.41, 5.74) is 0.341. The van der Waals surface area contributed by atoms with Crippen LogP contribution < -0.4 is 0 Å². The lowest BCUT2D eigenvalue weighted by atomic mass is 10.1. The smallest absolute Gasteiger partial charge is 0.254 e. The Balaban J connectivity index is 1.43. The zero-order chi connectivity index (χ0) is 18.5. The lowest BCUT2D eigenvalue weighted by molar-refractivity contribution is 0.0638. The van der Waals surface area contributed by atoms with Crippen molar-refractivity contribution in [2.75, 3.05) is 6.54 Å². The molecule has 1 saturated carbocycles. The number of benzene rings is 1. The number of nitrogens with zero attached hydrogens (tertiary/aromatic N) is 6.